The van der Waals surface area contributed by atoms with Crippen molar-refractivity contribution in [1.29, 1.82) is 0 Å². The maximum atomic E-state index is 12.9. The molecule has 25 heavy (non-hydrogen) atoms. The molecule has 3 aliphatic rings. The monoisotopic (exact) mass is 344 g/mol. The zero-order chi connectivity index (χ0) is 17.2. The van der Waals surface area contributed by atoms with Crippen molar-refractivity contribution in [3.05, 3.63) is 23.8 Å². The minimum Gasteiger partial charge on any atom is -0.454 e. The number of benzene rings is 1. The van der Waals surface area contributed by atoms with E-state index in [9.17, 15) is 9.59 Å². The van der Waals surface area contributed by atoms with E-state index < -0.39 is 0 Å². The Bertz CT molecular complexity index is 669. The maximum Gasteiger partial charge on any atom is 0.254 e. The number of hydrogen-bond acceptors (Lipinski definition) is 4. The number of carbonyl (C=O) groups excluding carboxylic acids is 2. The van der Waals surface area contributed by atoms with Gasteiger partial charge in [-0.15, -0.1) is 0 Å². The third-order valence-corrected chi connectivity index (χ3v) is 5.39. The quantitative estimate of drug-likeness (QED) is 0.915. The van der Waals surface area contributed by atoms with Gasteiger partial charge in [0.1, 0.15) is 6.04 Å². The van der Waals surface area contributed by atoms with E-state index in [1.165, 1.54) is 19.3 Å². The normalized spacial score (nSPS) is 22.9. The average Bonchev–Trinajstić information content (AvgIpc) is 3.30. The predicted octanol–water partition coefficient (Wildman–Crippen LogP) is 2.47. The van der Waals surface area contributed by atoms with E-state index in [4.69, 9.17) is 9.47 Å². The lowest BCUT2D eigenvalue weighted by molar-refractivity contribution is -0.125. The highest BCUT2D eigenvalue weighted by Gasteiger charge is 2.35. The van der Waals surface area contributed by atoms with Crippen LogP contribution in [0.1, 0.15) is 55.3 Å². The van der Waals surface area contributed by atoms with Gasteiger partial charge in [0, 0.05) is 18.2 Å². The van der Waals surface area contributed by atoms with E-state index in [1.54, 1.807) is 23.1 Å². The van der Waals surface area contributed by atoms with Crippen molar-refractivity contribution in [2.24, 2.45) is 0 Å². The second-order valence-electron chi connectivity index (χ2n) is 7.07. The summed E-state index contributed by atoms with van der Waals surface area (Å²) in [5, 5.41) is 3.16. The van der Waals surface area contributed by atoms with E-state index in [0.717, 1.165) is 25.7 Å². The van der Waals surface area contributed by atoms with Gasteiger partial charge in [-0.25, -0.2) is 0 Å². The largest absolute Gasteiger partial charge is 0.454 e. The Balaban J connectivity index is 1.45. The standard InChI is InChI=1S/C19H24N2O4/c22-18(20-14-5-2-1-3-6-14)15-7-4-10-21(15)19(23)13-8-9-16-17(11-13)25-12-24-16/h8-9,11,14-15H,1-7,10,12H2,(H,20,22)/t15-/m0/s1. The second kappa shape index (κ2) is 6.94. The minimum absolute atomic E-state index is 0.00140. The zero-order valence-corrected chi connectivity index (χ0v) is 14.3. The summed E-state index contributed by atoms with van der Waals surface area (Å²) < 4.78 is 10.6. The summed E-state index contributed by atoms with van der Waals surface area (Å²) >= 11 is 0. The molecule has 1 atom stereocenters. The number of hydrogen-bond donors (Lipinski definition) is 1. The maximum absolute atomic E-state index is 12.9. The fourth-order valence-electron chi connectivity index (χ4n) is 4.02. The van der Waals surface area contributed by atoms with Crippen LogP contribution in [-0.4, -0.2) is 42.1 Å². The fraction of sp³-hybridized carbons (Fsp3) is 0.579. The fourth-order valence-corrected chi connectivity index (χ4v) is 4.02. The number of rotatable bonds is 3. The van der Waals surface area contributed by atoms with Crippen LogP contribution in [0.25, 0.3) is 0 Å². The van der Waals surface area contributed by atoms with Gasteiger partial charge in [0.15, 0.2) is 11.5 Å². The molecule has 0 bridgehead atoms. The Hall–Kier alpha value is -2.24. The van der Waals surface area contributed by atoms with Gasteiger partial charge in [0.05, 0.1) is 0 Å². The van der Waals surface area contributed by atoms with Gasteiger partial charge in [-0.3, -0.25) is 9.59 Å². The first-order valence-electron chi connectivity index (χ1n) is 9.23. The third-order valence-electron chi connectivity index (χ3n) is 5.39. The molecule has 0 aromatic heterocycles. The van der Waals surface area contributed by atoms with Crippen LogP contribution in [-0.2, 0) is 4.79 Å². The smallest absolute Gasteiger partial charge is 0.254 e. The van der Waals surface area contributed by atoms with Gasteiger partial charge >= 0.3 is 0 Å². The van der Waals surface area contributed by atoms with Crippen molar-refractivity contribution in [2.75, 3.05) is 13.3 Å². The SMILES string of the molecule is O=C(NC1CCCCC1)[C@@H]1CCCN1C(=O)c1ccc2c(c1)OCO2. The molecule has 2 amide bonds. The lowest BCUT2D eigenvalue weighted by Gasteiger charge is -2.28. The summed E-state index contributed by atoms with van der Waals surface area (Å²) in [5.41, 5.74) is 0.543. The van der Waals surface area contributed by atoms with E-state index in [0.29, 0.717) is 23.6 Å². The summed E-state index contributed by atoms with van der Waals surface area (Å²) in [6.45, 7) is 0.805. The van der Waals surface area contributed by atoms with E-state index in [-0.39, 0.29) is 30.7 Å². The molecule has 6 heteroatoms. The molecular weight excluding hydrogens is 320 g/mol. The first-order chi connectivity index (χ1) is 12.2. The number of likely N-dealkylation sites (tertiary alicyclic amines) is 1. The minimum atomic E-state index is -0.361. The molecule has 6 nitrogen and oxygen atoms in total. The van der Waals surface area contributed by atoms with Gasteiger partial charge in [-0.2, -0.15) is 0 Å². The number of carbonyl (C=O) groups is 2. The molecular formula is C19H24N2O4. The third kappa shape index (κ3) is 3.30. The van der Waals surface area contributed by atoms with Gasteiger partial charge in [-0.05, 0) is 43.9 Å². The Kier molecular flexibility index (Phi) is 4.51. The second-order valence-corrected chi connectivity index (χ2v) is 7.07. The first kappa shape index (κ1) is 16.2. The molecule has 4 rings (SSSR count). The van der Waals surface area contributed by atoms with Gasteiger partial charge in [0.2, 0.25) is 12.7 Å². The molecule has 1 aliphatic carbocycles. The lowest BCUT2D eigenvalue weighted by atomic mass is 9.95. The van der Waals surface area contributed by atoms with Crippen molar-refractivity contribution in [3.63, 3.8) is 0 Å². The first-order valence-corrected chi connectivity index (χ1v) is 9.23. The van der Waals surface area contributed by atoms with Gasteiger partial charge in [-0.1, -0.05) is 19.3 Å². The van der Waals surface area contributed by atoms with Crippen LogP contribution in [0.5, 0.6) is 11.5 Å². The van der Waals surface area contributed by atoms with Gasteiger partial charge in [0.25, 0.3) is 5.91 Å². The van der Waals surface area contributed by atoms with Gasteiger partial charge < -0.3 is 19.7 Å². The molecule has 2 heterocycles. The zero-order valence-electron chi connectivity index (χ0n) is 14.3. The summed E-state index contributed by atoms with van der Waals surface area (Å²) in [6, 6.07) is 5.11. The molecule has 1 saturated carbocycles. The van der Waals surface area contributed by atoms with E-state index in [1.807, 2.05) is 0 Å². The van der Waals surface area contributed by atoms with Crippen molar-refractivity contribution in [1.82, 2.24) is 10.2 Å². The Labute approximate surface area is 147 Å². The number of nitrogens with one attached hydrogen (secondary N) is 1. The van der Waals surface area contributed by atoms with Crippen LogP contribution in [0.4, 0.5) is 0 Å². The number of ether oxygens (including phenoxy) is 2. The van der Waals surface area contributed by atoms with Crippen molar-refractivity contribution in [3.8, 4) is 11.5 Å². The summed E-state index contributed by atoms with van der Waals surface area (Å²) in [4.78, 5) is 27.3. The number of amides is 2. The van der Waals surface area contributed by atoms with Crippen molar-refractivity contribution in [2.45, 2.75) is 57.0 Å². The summed E-state index contributed by atoms with van der Waals surface area (Å²) in [7, 11) is 0. The Morgan fingerprint density at radius 3 is 2.64 bits per heavy atom. The molecule has 1 saturated heterocycles. The van der Waals surface area contributed by atoms with Crippen LogP contribution in [0.2, 0.25) is 0 Å². The van der Waals surface area contributed by atoms with Crippen molar-refractivity contribution < 1.29 is 19.1 Å². The molecule has 134 valence electrons. The van der Waals surface area contributed by atoms with E-state index in [2.05, 4.69) is 5.32 Å². The number of nitrogens with zero attached hydrogens (tertiary/aromatic N) is 1. The van der Waals surface area contributed by atoms with Crippen LogP contribution >= 0.6 is 0 Å². The highest BCUT2D eigenvalue weighted by molar-refractivity contribution is 5.98. The molecule has 2 aliphatic heterocycles. The van der Waals surface area contributed by atoms with Crippen LogP contribution in [0.3, 0.4) is 0 Å². The van der Waals surface area contributed by atoms with Crippen LogP contribution in [0, 0.1) is 0 Å². The topological polar surface area (TPSA) is 67.9 Å². The molecule has 0 spiro atoms. The average molecular weight is 344 g/mol. The molecule has 1 aromatic carbocycles. The summed E-state index contributed by atoms with van der Waals surface area (Å²) in [5.74, 6) is 1.14. The van der Waals surface area contributed by atoms with Crippen LogP contribution < -0.4 is 14.8 Å². The van der Waals surface area contributed by atoms with Crippen molar-refractivity contribution >= 4 is 11.8 Å². The molecule has 2 fully saturated rings. The number of fused-ring (bicyclic) bond motifs is 1. The highest BCUT2D eigenvalue weighted by atomic mass is 16.7. The molecule has 0 radical (unpaired) electrons. The molecule has 1 aromatic rings. The predicted molar refractivity (Wildman–Crippen MR) is 91.6 cm³/mol. The molecule has 1 N–H and O–H groups in total. The summed E-state index contributed by atoms with van der Waals surface area (Å²) in [6.07, 6.45) is 7.30. The Morgan fingerprint density at radius 2 is 1.80 bits per heavy atom. The lowest BCUT2D eigenvalue weighted by Crippen LogP contribution is -2.49. The molecule has 0 unspecified atom stereocenters. The van der Waals surface area contributed by atoms with Crippen LogP contribution in [0.15, 0.2) is 18.2 Å². The Morgan fingerprint density at radius 1 is 1.00 bits per heavy atom. The van der Waals surface area contributed by atoms with E-state index >= 15 is 0 Å². The highest BCUT2D eigenvalue weighted by Crippen LogP contribution is 2.33.